The number of hydrogen-bond acceptors (Lipinski definition) is 2. The Hall–Kier alpha value is -1.48. The second kappa shape index (κ2) is 4.41. The molecule has 0 fully saturated rings. The number of hydrogen-bond donors (Lipinski definition) is 1. The average molecular weight is 232 g/mol. The van der Waals surface area contributed by atoms with Crippen LogP contribution in [-0.2, 0) is 6.42 Å². The fourth-order valence-corrected chi connectivity index (χ4v) is 1.96. The van der Waals surface area contributed by atoms with Crippen LogP contribution in [0, 0.1) is 11.2 Å². The number of aromatic nitrogens is 1. The molecule has 0 spiro atoms. The zero-order valence-electron chi connectivity index (χ0n) is 10.2. The van der Waals surface area contributed by atoms with Gasteiger partial charge in [-0.2, -0.15) is 0 Å². The third kappa shape index (κ3) is 2.44. The van der Waals surface area contributed by atoms with Gasteiger partial charge in [0.25, 0.3) is 0 Å². The molecule has 0 radical (unpaired) electrons. The molecule has 2 N–H and O–H groups in total. The van der Waals surface area contributed by atoms with E-state index in [4.69, 9.17) is 5.73 Å². The molecule has 1 aromatic heterocycles. The lowest BCUT2D eigenvalue weighted by atomic mass is 9.84. The van der Waals surface area contributed by atoms with Crippen LogP contribution in [0.4, 0.5) is 4.39 Å². The highest BCUT2D eigenvalue weighted by Gasteiger charge is 2.18. The maximum atomic E-state index is 13.6. The standard InChI is InChI=1S/C14H17FN2/c1-14(2,9-16)7-10-3-4-13(15)12-8-17-6-5-11(10)12/h3-6,8H,7,9,16H2,1-2H3. The largest absolute Gasteiger partial charge is 0.330 e. The minimum atomic E-state index is -0.220. The first-order valence-corrected chi connectivity index (χ1v) is 5.75. The molecule has 1 heterocycles. The van der Waals surface area contributed by atoms with E-state index in [2.05, 4.69) is 18.8 Å². The van der Waals surface area contributed by atoms with Crippen molar-refractivity contribution < 1.29 is 4.39 Å². The zero-order valence-corrected chi connectivity index (χ0v) is 10.2. The molecule has 0 saturated heterocycles. The Labute approximate surface area is 101 Å². The predicted molar refractivity (Wildman–Crippen MR) is 68.2 cm³/mol. The highest BCUT2D eigenvalue weighted by atomic mass is 19.1. The highest BCUT2D eigenvalue weighted by molar-refractivity contribution is 5.85. The molecule has 2 aromatic rings. The smallest absolute Gasteiger partial charge is 0.132 e. The van der Waals surface area contributed by atoms with Gasteiger partial charge in [0.2, 0.25) is 0 Å². The van der Waals surface area contributed by atoms with E-state index in [-0.39, 0.29) is 11.2 Å². The number of nitrogens with two attached hydrogens (primary N) is 1. The molecule has 0 saturated carbocycles. The Balaban J connectivity index is 2.52. The molecule has 0 amide bonds. The number of rotatable bonds is 3. The third-order valence-electron chi connectivity index (χ3n) is 3.08. The molecule has 0 unspecified atom stereocenters. The first kappa shape index (κ1) is 12.0. The molecule has 2 rings (SSSR count). The van der Waals surface area contributed by atoms with Crippen molar-refractivity contribution in [3.05, 3.63) is 42.0 Å². The quantitative estimate of drug-likeness (QED) is 0.883. The van der Waals surface area contributed by atoms with Gasteiger partial charge in [0, 0.05) is 17.8 Å². The van der Waals surface area contributed by atoms with E-state index < -0.39 is 0 Å². The van der Waals surface area contributed by atoms with Crippen molar-refractivity contribution in [2.45, 2.75) is 20.3 Å². The molecule has 0 atom stereocenters. The number of benzene rings is 1. The summed E-state index contributed by atoms with van der Waals surface area (Å²) >= 11 is 0. The van der Waals surface area contributed by atoms with Gasteiger partial charge in [0.05, 0.1) is 0 Å². The summed E-state index contributed by atoms with van der Waals surface area (Å²) in [6, 6.07) is 5.21. The molecule has 3 heteroatoms. The van der Waals surface area contributed by atoms with Crippen LogP contribution in [0.1, 0.15) is 19.4 Å². The fourth-order valence-electron chi connectivity index (χ4n) is 1.96. The van der Waals surface area contributed by atoms with Crippen molar-refractivity contribution >= 4 is 10.8 Å². The Bertz CT molecular complexity index is 535. The molecule has 0 aliphatic rings. The van der Waals surface area contributed by atoms with E-state index in [9.17, 15) is 4.39 Å². The molecule has 1 aromatic carbocycles. The van der Waals surface area contributed by atoms with Gasteiger partial charge < -0.3 is 5.73 Å². The van der Waals surface area contributed by atoms with Crippen LogP contribution in [0.25, 0.3) is 10.8 Å². The van der Waals surface area contributed by atoms with Gasteiger partial charge in [-0.25, -0.2) is 4.39 Å². The number of halogens is 1. The molecular formula is C14H17FN2. The summed E-state index contributed by atoms with van der Waals surface area (Å²) in [6.07, 6.45) is 4.11. The van der Waals surface area contributed by atoms with Crippen molar-refractivity contribution in [3.8, 4) is 0 Å². The third-order valence-corrected chi connectivity index (χ3v) is 3.08. The molecule has 0 aliphatic carbocycles. The number of pyridine rings is 1. The first-order chi connectivity index (χ1) is 8.03. The summed E-state index contributed by atoms with van der Waals surface area (Å²) in [5.41, 5.74) is 6.89. The summed E-state index contributed by atoms with van der Waals surface area (Å²) in [7, 11) is 0. The van der Waals surface area contributed by atoms with Gasteiger partial charge in [-0.1, -0.05) is 19.9 Å². The lowest BCUT2D eigenvalue weighted by molar-refractivity contribution is 0.378. The lowest BCUT2D eigenvalue weighted by Crippen LogP contribution is -2.26. The minimum Gasteiger partial charge on any atom is -0.330 e. The lowest BCUT2D eigenvalue weighted by Gasteiger charge is -2.23. The van der Waals surface area contributed by atoms with Crippen LogP contribution >= 0.6 is 0 Å². The van der Waals surface area contributed by atoms with E-state index in [1.165, 1.54) is 6.07 Å². The van der Waals surface area contributed by atoms with E-state index in [0.717, 1.165) is 17.4 Å². The topological polar surface area (TPSA) is 38.9 Å². The molecule has 90 valence electrons. The second-order valence-corrected chi connectivity index (χ2v) is 5.17. The van der Waals surface area contributed by atoms with Crippen molar-refractivity contribution in [2.75, 3.05) is 6.54 Å². The number of nitrogens with zero attached hydrogens (tertiary/aromatic N) is 1. The summed E-state index contributed by atoms with van der Waals surface area (Å²) in [4.78, 5) is 3.97. The second-order valence-electron chi connectivity index (χ2n) is 5.17. The minimum absolute atomic E-state index is 0.0219. The number of fused-ring (bicyclic) bond motifs is 1. The monoisotopic (exact) mass is 232 g/mol. The zero-order chi connectivity index (χ0) is 12.5. The maximum absolute atomic E-state index is 13.6. The van der Waals surface area contributed by atoms with E-state index in [1.54, 1.807) is 12.4 Å². The highest BCUT2D eigenvalue weighted by Crippen LogP contribution is 2.27. The van der Waals surface area contributed by atoms with Crippen molar-refractivity contribution in [1.82, 2.24) is 4.98 Å². The summed E-state index contributed by atoms with van der Waals surface area (Å²) < 4.78 is 13.6. The predicted octanol–water partition coefficient (Wildman–Crippen LogP) is 2.90. The van der Waals surface area contributed by atoms with E-state index >= 15 is 0 Å². The van der Waals surface area contributed by atoms with E-state index in [1.807, 2.05) is 12.1 Å². The van der Waals surface area contributed by atoms with Crippen LogP contribution in [-0.4, -0.2) is 11.5 Å². The molecule has 17 heavy (non-hydrogen) atoms. The molecule has 0 aliphatic heterocycles. The van der Waals surface area contributed by atoms with Crippen molar-refractivity contribution in [3.63, 3.8) is 0 Å². The first-order valence-electron chi connectivity index (χ1n) is 5.75. The van der Waals surface area contributed by atoms with Crippen LogP contribution < -0.4 is 5.73 Å². The van der Waals surface area contributed by atoms with Gasteiger partial charge in [0.15, 0.2) is 0 Å². The Morgan fingerprint density at radius 2 is 2.00 bits per heavy atom. The van der Waals surface area contributed by atoms with Crippen LogP contribution in [0.3, 0.4) is 0 Å². The molecule has 0 bridgehead atoms. The normalized spacial score (nSPS) is 12.0. The summed E-state index contributed by atoms with van der Waals surface area (Å²) in [5.74, 6) is -0.220. The molecular weight excluding hydrogens is 215 g/mol. The Morgan fingerprint density at radius 1 is 1.24 bits per heavy atom. The fraction of sp³-hybridized carbons (Fsp3) is 0.357. The van der Waals surface area contributed by atoms with Crippen molar-refractivity contribution in [2.24, 2.45) is 11.1 Å². The van der Waals surface area contributed by atoms with Gasteiger partial charge in [-0.05, 0) is 41.5 Å². The maximum Gasteiger partial charge on any atom is 0.132 e. The van der Waals surface area contributed by atoms with Gasteiger partial charge >= 0.3 is 0 Å². The average Bonchev–Trinajstić information content (AvgIpc) is 2.33. The SMILES string of the molecule is CC(C)(CN)Cc1ccc(F)c2cnccc12. The summed E-state index contributed by atoms with van der Waals surface area (Å²) in [6.45, 7) is 4.84. The van der Waals surface area contributed by atoms with Crippen LogP contribution in [0.5, 0.6) is 0 Å². The van der Waals surface area contributed by atoms with Crippen LogP contribution in [0.2, 0.25) is 0 Å². The van der Waals surface area contributed by atoms with Crippen molar-refractivity contribution in [1.29, 1.82) is 0 Å². The summed E-state index contributed by atoms with van der Waals surface area (Å²) in [5, 5.41) is 1.51. The van der Waals surface area contributed by atoms with E-state index in [0.29, 0.717) is 11.9 Å². The van der Waals surface area contributed by atoms with Gasteiger partial charge in [0.1, 0.15) is 5.82 Å². The Kier molecular flexibility index (Phi) is 3.11. The van der Waals surface area contributed by atoms with Gasteiger partial charge in [-0.3, -0.25) is 4.98 Å². The Morgan fingerprint density at radius 3 is 2.71 bits per heavy atom. The van der Waals surface area contributed by atoms with Gasteiger partial charge in [-0.15, -0.1) is 0 Å². The van der Waals surface area contributed by atoms with Crippen LogP contribution in [0.15, 0.2) is 30.6 Å². The molecule has 2 nitrogen and oxygen atoms in total.